The number of likely N-dealkylation sites (tertiary alicyclic amines) is 1. The normalized spacial score (nSPS) is 18.0. The van der Waals surface area contributed by atoms with Crippen molar-refractivity contribution in [2.75, 3.05) is 25.9 Å². The van der Waals surface area contributed by atoms with Gasteiger partial charge in [0.25, 0.3) is 5.91 Å². The molecule has 1 atom stereocenters. The van der Waals surface area contributed by atoms with Gasteiger partial charge < -0.3 is 13.9 Å². The minimum atomic E-state index is -3.22. The van der Waals surface area contributed by atoms with Gasteiger partial charge in [-0.05, 0) is 30.9 Å². The van der Waals surface area contributed by atoms with E-state index in [0.717, 1.165) is 30.0 Å². The van der Waals surface area contributed by atoms with Gasteiger partial charge in [-0.25, -0.2) is 18.1 Å². The first-order valence-corrected chi connectivity index (χ1v) is 11.6. The topological polar surface area (TPSA) is 97.4 Å². The van der Waals surface area contributed by atoms with Gasteiger partial charge in [0.2, 0.25) is 10.0 Å². The predicted octanol–water partition coefficient (Wildman–Crippen LogP) is 1.71. The lowest BCUT2D eigenvalue weighted by atomic mass is 9.98. The van der Waals surface area contributed by atoms with E-state index in [1.165, 1.54) is 0 Å². The van der Waals surface area contributed by atoms with Crippen LogP contribution in [-0.4, -0.2) is 54.7 Å². The zero-order valence-corrected chi connectivity index (χ0v) is 17.1. The molecular formula is C17H24N4O4S2. The molecule has 0 aromatic carbocycles. The Morgan fingerprint density at radius 2 is 2.26 bits per heavy atom. The lowest BCUT2D eigenvalue weighted by Crippen LogP contribution is -2.43. The summed E-state index contributed by atoms with van der Waals surface area (Å²) in [4.78, 5) is 18.7. The first kappa shape index (κ1) is 20.0. The van der Waals surface area contributed by atoms with Crippen LogP contribution in [0.2, 0.25) is 0 Å². The lowest BCUT2D eigenvalue weighted by molar-refractivity contribution is 0.0643. The molecule has 1 saturated heterocycles. The van der Waals surface area contributed by atoms with Crippen LogP contribution in [-0.2, 0) is 22.8 Å². The van der Waals surface area contributed by atoms with Crippen LogP contribution in [0.5, 0.6) is 0 Å². The highest BCUT2D eigenvalue weighted by Gasteiger charge is 2.26. The fourth-order valence-electron chi connectivity index (χ4n) is 3.04. The van der Waals surface area contributed by atoms with Crippen molar-refractivity contribution in [3.05, 3.63) is 36.0 Å². The van der Waals surface area contributed by atoms with E-state index in [9.17, 15) is 13.2 Å². The maximum Gasteiger partial charge on any atom is 0.289 e. The molecule has 148 valence electrons. The fourth-order valence-corrected chi connectivity index (χ4v) is 4.40. The van der Waals surface area contributed by atoms with Gasteiger partial charge in [-0.3, -0.25) is 4.79 Å². The summed E-state index contributed by atoms with van der Waals surface area (Å²) in [6.45, 7) is 1.54. The van der Waals surface area contributed by atoms with Gasteiger partial charge in [-0.15, -0.1) is 0 Å². The highest BCUT2D eigenvalue weighted by Crippen LogP contribution is 2.23. The van der Waals surface area contributed by atoms with Crippen molar-refractivity contribution < 1.29 is 17.6 Å². The van der Waals surface area contributed by atoms with Crippen molar-refractivity contribution >= 4 is 27.7 Å². The van der Waals surface area contributed by atoms with Crippen molar-refractivity contribution in [2.45, 2.75) is 23.8 Å². The van der Waals surface area contributed by atoms with E-state index >= 15 is 0 Å². The molecule has 1 N–H and O–H groups in total. The van der Waals surface area contributed by atoms with Crippen molar-refractivity contribution in [1.82, 2.24) is 19.2 Å². The SMILES string of the molecule is Cn1ccnc1SCc1ccc(C(=O)N2CCCC(CNS(C)(=O)=O)C2)o1. The van der Waals surface area contributed by atoms with Crippen molar-refractivity contribution in [2.24, 2.45) is 13.0 Å². The van der Waals surface area contributed by atoms with Crippen LogP contribution in [0.1, 0.15) is 29.2 Å². The second-order valence-corrected chi connectivity index (χ2v) is 9.53. The number of piperidine rings is 1. The van der Waals surface area contributed by atoms with Crippen LogP contribution >= 0.6 is 11.8 Å². The number of aromatic nitrogens is 2. The summed E-state index contributed by atoms with van der Waals surface area (Å²) >= 11 is 1.54. The summed E-state index contributed by atoms with van der Waals surface area (Å²) in [5.41, 5.74) is 0. The molecule has 8 nitrogen and oxygen atoms in total. The van der Waals surface area contributed by atoms with Gasteiger partial charge in [-0.1, -0.05) is 11.8 Å². The number of hydrogen-bond donors (Lipinski definition) is 1. The number of carbonyl (C=O) groups excluding carboxylic acids is 1. The van der Waals surface area contributed by atoms with E-state index in [1.54, 1.807) is 28.9 Å². The largest absolute Gasteiger partial charge is 0.455 e. The molecule has 3 rings (SSSR count). The fraction of sp³-hybridized carbons (Fsp3) is 0.529. The minimum absolute atomic E-state index is 0.117. The Labute approximate surface area is 163 Å². The molecule has 1 unspecified atom stereocenters. The second-order valence-electron chi connectivity index (χ2n) is 6.76. The summed E-state index contributed by atoms with van der Waals surface area (Å²) < 4.78 is 32.7. The zero-order valence-electron chi connectivity index (χ0n) is 15.4. The Balaban J connectivity index is 1.55. The number of nitrogens with one attached hydrogen (secondary N) is 1. The van der Waals surface area contributed by atoms with Gasteiger partial charge >= 0.3 is 0 Å². The summed E-state index contributed by atoms with van der Waals surface area (Å²) in [6.07, 6.45) is 6.52. The van der Waals surface area contributed by atoms with Crippen molar-refractivity contribution in [1.29, 1.82) is 0 Å². The van der Waals surface area contributed by atoms with E-state index in [2.05, 4.69) is 9.71 Å². The molecule has 3 heterocycles. The first-order valence-electron chi connectivity index (χ1n) is 8.74. The average molecular weight is 413 g/mol. The average Bonchev–Trinajstić information content (AvgIpc) is 3.26. The van der Waals surface area contributed by atoms with Crippen LogP contribution in [0.25, 0.3) is 0 Å². The molecule has 1 aliphatic rings. The Morgan fingerprint density at radius 1 is 1.44 bits per heavy atom. The van der Waals surface area contributed by atoms with Crippen LogP contribution < -0.4 is 4.72 Å². The molecule has 2 aromatic rings. The highest BCUT2D eigenvalue weighted by molar-refractivity contribution is 7.98. The number of amides is 1. The van der Waals surface area contributed by atoms with Crippen LogP contribution in [0.4, 0.5) is 0 Å². The number of imidazole rings is 1. The monoisotopic (exact) mass is 412 g/mol. The number of aryl methyl sites for hydroxylation is 1. The molecular weight excluding hydrogens is 388 g/mol. The van der Waals surface area contributed by atoms with Crippen LogP contribution in [0, 0.1) is 5.92 Å². The third-order valence-electron chi connectivity index (χ3n) is 4.43. The smallest absolute Gasteiger partial charge is 0.289 e. The van der Waals surface area contributed by atoms with E-state index in [4.69, 9.17) is 4.42 Å². The maximum atomic E-state index is 12.7. The van der Waals surface area contributed by atoms with Crippen molar-refractivity contribution in [3.63, 3.8) is 0 Å². The summed E-state index contributed by atoms with van der Waals surface area (Å²) in [6, 6.07) is 3.52. The predicted molar refractivity (Wildman–Crippen MR) is 103 cm³/mol. The number of thioether (sulfide) groups is 1. The summed E-state index contributed by atoms with van der Waals surface area (Å²) in [7, 11) is -1.29. The van der Waals surface area contributed by atoms with Gasteiger partial charge in [0.15, 0.2) is 10.9 Å². The molecule has 10 heteroatoms. The number of furan rings is 1. The molecule has 1 amide bonds. The Hall–Kier alpha value is -1.78. The number of nitrogens with zero attached hydrogens (tertiary/aromatic N) is 3. The number of hydrogen-bond acceptors (Lipinski definition) is 6. The Morgan fingerprint density at radius 3 is 2.96 bits per heavy atom. The second kappa shape index (κ2) is 8.49. The molecule has 1 aliphatic heterocycles. The van der Waals surface area contributed by atoms with Crippen molar-refractivity contribution in [3.8, 4) is 0 Å². The third-order valence-corrected chi connectivity index (χ3v) is 6.20. The van der Waals surface area contributed by atoms with E-state index < -0.39 is 10.0 Å². The Kier molecular flexibility index (Phi) is 6.28. The minimum Gasteiger partial charge on any atom is -0.455 e. The number of sulfonamides is 1. The molecule has 0 spiro atoms. The van der Waals surface area contributed by atoms with Gasteiger partial charge in [0.05, 0.1) is 12.0 Å². The molecule has 0 bridgehead atoms. The highest BCUT2D eigenvalue weighted by atomic mass is 32.2. The molecule has 0 saturated carbocycles. The Bertz CT molecular complexity index is 890. The molecule has 0 radical (unpaired) electrons. The standard InChI is InChI=1S/C17H24N4O4S2/c1-20-9-7-18-17(20)26-12-14-5-6-15(25-14)16(22)21-8-3-4-13(11-21)10-19-27(2,23)24/h5-7,9,13,19H,3-4,8,10-12H2,1-2H3. The molecule has 2 aromatic heterocycles. The van der Waals surface area contributed by atoms with Gasteiger partial charge in [0.1, 0.15) is 5.76 Å². The summed E-state index contributed by atoms with van der Waals surface area (Å²) in [5, 5.41) is 0.886. The van der Waals surface area contributed by atoms with E-state index in [0.29, 0.717) is 31.1 Å². The van der Waals surface area contributed by atoms with E-state index in [1.807, 2.05) is 23.9 Å². The molecule has 0 aliphatic carbocycles. The van der Waals surface area contributed by atoms with Gasteiger partial charge in [0, 0.05) is 39.1 Å². The third kappa shape index (κ3) is 5.60. The quantitative estimate of drug-likeness (QED) is 0.696. The number of carbonyl (C=O) groups is 1. The first-order chi connectivity index (χ1) is 12.8. The van der Waals surface area contributed by atoms with Crippen LogP contribution in [0.15, 0.2) is 34.1 Å². The van der Waals surface area contributed by atoms with Crippen LogP contribution in [0.3, 0.4) is 0 Å². The molecule has 27 heavy (non-hydrogen) atoms. The lowest BCUT2D eigenvalue weighted by Gasteiger charge is -2.32. The zero-order chi connectivity index (χ0) is 19.4. The number of rotatable bonds is 7. The summed E-state index contributed by atoms with van der Waals surface area (Å²) in [5.74, 6) is 1.61. The van der Waals surface area contributed by atoms with Gasteiger partial charge in [-0.2, -0.15) is 0 Å². The maximum absolute atomic E-state index is 12.7. The molecule has 1 fully saturated rings. The van der Waals surface area contributed by atoms with E-state index in [-0.39, 0.29) is 11.8 Å².